The summed E-state index contributed by atoms with van der Waals surface area (Å²) in [4.78, 5) is 5.02. The molecule has 0 aliphatic rings. The van der Waals surface area contributed by atoms with E-state index in [0.29, 0.717) is 16.2 Å². The van der Waals surface area contributed by atoms with Gasteiger partial charge < -0.3 is 5.32 Å². The van der Waals surface area contributed by atoms with Crippen molar-refractivity contribution in [1.29, 1.82) is 0 Å². The average Bonchev–Trinajstić information content (AvgIpc) is 2.98. The fourth-order valence-corrected chi connectivity index (χ4v) is 4.82. The molecule has 1 unspecified atom stereocenters. The Morgan fingerprint density at radius 2 is 2.00 bits per heavy atom. The molecule has 1 N–H and O–H groups in total. The van der Waals surface area contributed by atoms with Crippen LogP contribution in [0.5, 0.6) is 0 Å². The van der Waals surface area contributed by atoms with Crippen molar-refractivity contribution in [2.75, 3.05) is 6.54 Å². The number of nitrogens with one attached hydrogen (secondary N) is 1. The second kappa shape index (κ2) is 7.08. The predicted molar refractivity (Wildman–Crippen MR) is 87.0 cm³/mol. The molecule has 21 heavy (non-hydrogen) atoms. The van der Waals surface area contributed by atoms with E-state index < -0.39 is 11.2 Å². The van der Waals surface area contributed by atoms with Crippen LogP contribution in [0.2, 0.25) is 0 Å². The van der Waals surface area contributed by atoms with Crippen LogP contribution >= 0.6 is 54.5 Å². The highest BCUT2D eigenvalue weighted by Crippen LogP contribution is 2.40. The third-order valence-electron chi connectivity index (χ3n) is 2.60. The first-order chi connectivity index (χ1) is 9.82. The molecular weight excluding hydrogens is 453 g/mol. The van der Waals surface area contributed by atoms with Crippen molar-refractivity contribution < 1.29 is 13.2 Å². The topological polar surface area (TPSA) is 24.9 Å². The summed E-state index contributed by atoms with van der Waals surface area (Å²) in [6.45, 7) is 2.73. The molecule has 2 aromatic rings. The van der Waals surface area contributed by atoms with Crippen LogP contribution in [0.3, 0.4) is 0 Å². The van der Waals surface area contributed by atoms with Crippen molar-refractivity contribution in [3.63, 3.8) is 0 Å². The fourth-order valence-electron chi connectivity index (χ4n) is 1.69. The normalized spacial score (nSPS) is 13.6. The van der Waals surface area contributed by atoms with Gasteiger partial charge in [0.1, 0.15) is 0 Å². The number of nitrogens with zero attached hydrogens (tertiary/aromatic N) is 1. The van der Waals surface area contributed by atoms with E-state index in [4.69, 9.17) is 0 Å². The van der Waals surface area contributed by atoms with E-state index in [-0.39, 0.29) is 6.04 Å². The van der Waals surface area contributed by atoms with Crippen LogP contribution in [0.15, 0.2) is 20.5 Å². The van der Waals surface area contributed by atoms with Crippen LogP contribution in [-0.2, 0) is 6.18 Å². The number of hydrogen-bond acceptors (Lipinski definition) is 4. The lowest BCUT2D eigenvalue weighted by atomic mass is 10.2. The average molecular weight is 464 g/mol. The molecule has 0 saturated heterocycles. The highest BCUT2D eigenvalue weighted by atomic mass is 79.9. The molecular formula is C12H11Br2F3N2S2. The number of hydrogen-bond donors (Lipinski definition) is 1. The quantitative estimate of drug-likeness (QED) is 0.602. The van der Waals surface area contributed by atoms with Crippen molar-refractivity contribution >= 4 is 54.5 Å². The van der Waals surface area contributed by atoms with Gasteiger partial charge in [0.2, 0.25) is 0 Å². The first-order valence-corrected chi connectivity index (χ1v) is 9.25. The van der Waals surface area contributed by atoms with Gasteiger partial charge in [-0.3, -0.25) is 0 Å². The van der Waals surface area contributed by atoms with Gasteiger partial charge in [0, 0.05) is 20.4 Å². The van der Waals surface area contributed by atoms with Crippen molar-refractivity contribution in [2.24, 2.45) is 0 Å². The highest BCUT2D eigenvalue weighted by molar-refractivity contribution is 9.13. The van der Waals surface area contributed by atoms with E-state index >= 15 is 0 Å². The van der Waals surface area contributed by atoms with Gasteiger partial charge in [0.25, 0.3) is 0 Å². The first kappa shape index (κ1) is 17.4. The zero-order valence-electron chi connectivity index (χ0n) is 10.8. The molecule has 2 heterocycles. The van der Waals surface area contributed by atoms with Gasteiger partial charge in [-0.2, -0.15) is 13.2 Å². The molecule has 1 atom stereocenters. The van der Waals surface area contributed by atoms with Crippen molar-refractivity contribution in [3.8, 4) is 0 Å². The molecule has 0 radical (unpaired) electrons. The van der Waals surface area contributed by atoms with Crippen molar-refractivity contribution in [3.05, 3.63) is 35.3 Å². The molecule has 0 fully saturated rings. The standard InChI is InChI=1S/C12H11Br2F3N2S2/c1-2-3-18-9(7-4-6(13)10(14)20-7)8-5-19-11(21-8)12(15,16)17/h4-5,9,18H,2-3H2,1H3. The van der Waals surface area contributed by atoms with Crippen molar-refractivity contribution in [1.82, 2.24) is 10.3 Å². The Morgan fingerprint density at radius 3 is 2.48 bits per heavy atom. The minimum atomic E-state index is -4.39. The molecule has 2 rings (SSSR count). The van der Waals surface area contributed by atoms with Gasteiger partial charge in [-0.05, 0) is 50.9 Å². The number of alkyl halides is 3. The summed E-state index contributed by atoms with van der Waals surface area (Å²) in [5.74, 6) is 0. The molecule has 9 heteroatoms. The summed E-state index contributed by atoms with van der Waals surface area (Å²) in [6, 6.07) is 1.64. The lowest BCUT2D eigenvalue weighted by Gasteiger charge is -2.15. The lowest BCUT2D eigenvalue weighted by molar-refractivity contribution is -0.137. The van der Waals surface area contributed by atoms with Crippen LogP contribution in [-0.4, -0.2) is 11.5 Å². The zero-order valence-corrected chi connectivity index (χ0v) is 15.6. The Bertz CT molecular complexity index is 590. The third-order valence-corrected chi connectivity index (χ3v) is 7.03. The van der Waals surface area contributed by atoms with E-state index in [1.807, 2.05) is 13.0 Å². The second-order valence-corrected chi connectivity index (χ2v) is 8.54. The number of thiazole rings is 1. The maximum Gasteiger partial charge on any atom is 0.443 e. The molecule has 2 nitrogen and oxygen atoms in total. The van der Waals surface area contributed by atoms with Gasteiger partial charge in [0.15, 0.2) is 5.01 Å². The molecule has 0 saturated carbocycles. The lowest BCUT2D eigenvalue weighted by Crippen LogP contribution is -2.21. The van der Waals surface area contributed by atoms with Crippen LogP contribution in [0.25, 0.3) is 0 Å². The van der Waals surface area contributed by atoms with Crippen LogP contribution in [0, 0.1) is 0 Å². The second-order valence-electron chi connectivity index (χ2n) is 4.22. The Kier molecular flexibility index (Phi) is 5.86. The molecule has 0 aliphatic heterocycles. The summed E-state index contributed by atoms with van der Waals surface area (Å²) in [5.41, 5.74) is 0. The predicted octanol–water partition coefficient (Wildman–Crippen LogP) is 5.84. The van der Waals surface area contributed by atoms with Gasteiger partial charge >= 0.3 is 6.18 Å². The molecule has 2 aromatic heterocycles. The van der Waals surface area contributed by atoms with Crippen LogP contribution in [0.1, 0.15) is 34.1 Å². The summed E-state index contributed by atoms with van der Waals surface area (Å²) >= 11 is 8.99. The van der Waals surface area contributed by atoms with E-state index in [0.717, 1.165) is 26.1 Å². The first-order valence-electron chi connectivity index (χ1n) is 6.04. The Morgan fingerprint density at radius 1 is 1.29 bits per heavy atom. The highest BCUT2D eigenvalue weighted by Gasteiger charge is 2.35. The van der Waals surface area contributed by atoms with Gasteiger partial charge in [0.05, 0.1) is 9.83 Å². The van der Waals surface area contributed by atoms with E-state index in [1.165, 1.54) is 17.5 Å². The zero-order chi connectivity index (χ0) is 15.6. The Hall–Kier alpha value is 0.0400. The summed E-state index contributed by atoms with van der Waals surface area (Å²) in [7, 11) is 0. The van der Waals surface area contributed by atoms with Gasteiger partial charge in [-0.1, -0.05) is 6.92 Å². The fraction of sp³-hybridized carbons (Fsp3) is 0.417. The molecule has 0 spiro atoms. The maximum absolute atomic E-state index is 12.7. The van der Waals surface area contributed by atoms with Crippen LogP contribution < -0.4 is 5.32 Å². The number of rotatable bonds is 5. The molecule has 0 amide bonds. The van der Waals surface area contributed by atoms with E-state index in [2.05, 4.69) is 42.2 Å². The number of halogens is 5. The maximum atomic E-state index is 12.7. The SMILES string of the molecule is CCCNC(c1cnc(C(F)(F)F)s1)c1cc(Br)c(Br)s1. The molecule has 116 valence electrons. The monoisotopic (exact) mass is 462 g/mol. The van der Waals surface area contributed by atoms with E-state index in [1.54, 1.807) is 0 Å². The van der Waals surface area contributed by atoms with Gasteiger partial charge in [-0.15, -0.1) is 22.7 Å². The van der Waals surface area contributed by atoms with E-state index in [9.17, 15) is 13.2 Å². The summed E-state index contributed by atoms with van der Waals surface area (Å²) < 4.78 is 39.9. The minimum Gasteiger partial charge on any atom is -0.305 e. The molecule has 0 aromatic carbocycles. The Labute approximate surface area is 145 Å². The molecule has 0 aliphatic carbocycles. The van der Waals surface area contributed by atoms with Crippen LogP contribution in [0.4, 0.5) is 13.2 Å². The Balaban J connectivity index is 2.33. The van der Waals surface area contributed by atoms with Gasteiger partial charge in [-0.25, -0.2) is 4.98 Å². The number of aromatic nitrogens is 1. The largest absolute Gasteiger partial charge is 0.443 e. The molecule has 0 bridgehead atoms. The summed E-state index contributed by atoms with van der Waals surface area (Å²) in [5, 5.41) is 2.47. The number of thiophene rings is 1. The van der Waals surface area contributed by atoms with Crippen molar-refractivity contribution in [2.45, 2.75) is 25.6 Å². The third kappa shape index (κ3) is 4.28. The minimum absolute atomic E-state index is 0.272. The smallest absolute Gasteiger partial charge is 0.305 e. The summed E-state index contributed by atoms with van der Waals surface area (Å²) in [6.07, 6.45) is -2.19.